The molecule has 6 heteroatoms. The van der Waals surface area contributed by atoms with Crippen molar-refractivity contribution in [2.24, 2.45) is 7.05 Å². The van der Waals surface area contributed by atoms with Crippen LogP contribution in [0.25, 0.3) is 11.0 Å². The molecule has 150 valence electrons. The SMILES string of the molecule is CCOC(=O)C1(c2ccc(NC(=O)c3ccc4c(c3)nc(CC)n4C)cc2)CC1. The second kappa shape index (κ2) is 7.35. The number of carbonyl (C=O) groups excluding carboxylic acids is 2. The number of esters is 1. The van der Waals surface area contributed by atoms with Crippen molar-refractivity contribution in [2.75, 3.05) is 11.9 Å². The Balaban J connectivity index is 1.50. The number of fused-ring (bicyclic) bond motifs is 1. The summed E-state index contributed by atoms with van der Waals surface area (Å²) < 4.78 is 7.26. The van der Waals surface area contributed by atoms with E-state index in [1.165, 1.54) is 0 Å². The first-order valence-corrected chi connectivity index (χ1v) is 10.0. The Bertz CT molecular complexity index is 1080. The van der Waals surface area contributed by atoms with Crippen molar-refractivity contribution < 1.29 is 14.3 Å². The maximum absolute atomic E-state index is 12.7. The van der Waals surface area contributed by atoms with Gasteiger partial charge in [-0.3, -0.25) is 9.59 Å². The van der Waals surface area contributed by atoms with Gasteiger partial charge in [-0.05, 0) is 55.7 Å². The molecule has 1 saturated carbocycles. The monoisotopic (exact) mass is 391 g/mol. The molecule has 1 heterocycles. The number of imidazole rings is 1. The Hall–Kier alpha value is -3.15. The highest BCUT2D eigenvalue weighted by Crippen LogP contribution is 2.49. The van der Waals surface area contributed by atoms with Crippen molar-refractivity contribution >= 4 is 28.6 Å². The summed E-state index contributed by atoms with van der Waals surface area (Å²) in [5, 5.41) is 2.92. The number of ether oxygens (including phenoxy) is 1. The van der Waals surface area contributed by atoms with Crippen LogP contribution in [0.15, 0.2) is 42.5 Å². The zero-order valence-corrected chi connectivity index (χ0v) is 17.0. The van der Waals surface area contributed by atoms with Gasteiger partial charge < -0.3 is 14.6 Å². The zero-order chi connectivity index (χ0) is 20.6. The molecule has 0 atom stereocenters. The molecule has 0 unspecified atom stereocenters. The summed E-state index contributed by atoms with van der Waals surface area (Å²) in [6, 6.07) is 13.0. The van der Waals surface area contributed by atoms with Gasteiger partial charge in [-0.15, -0.1) is 0 Å². The maximum Gasteiger partial charge on any atom is 0.316 e. The van der Waals surface area contributed by atoms with E-state index in [1.807, 2.05) is 61.0 Å². The van der Waals surface area contributed by atoms with Crippen LogP contribution in [0.4, 0.5) is 5.69 Å². The zero-order valence-electron chi connectivity index (χ0n) is 17.0. The smallest absolute Gasteiger partial charge is 0.316 e. The molecular weight excluding hydrogens is 366 g/mol. The summed E-state index contributed by atoms with van der Waals surface area (Å²) in [7, 11) is 1.98. The van der Waals surface area contributed by atoms with E-state index in [2.05, 4.69) is 17.2 Å². The van der Waals surface area contributed by atoms with Crippen molar-refractivity contribution in [2.45, 2.75) is 38.5 Å². The molecule has 0 radical (unpaired) electrons. The highest BCUT2D eigenvalue weighted by molar-refractivity contribution is 6.06. The van der Waals surface area contributed by atoms with E-state index in [0.717, 1.165) is 41.7 Å². The molecule has 0 saturated heterocycles. The molecule has 0 aliphatic heterocycles. The van der Waals surface area contributed by atoms with Gasteiger partial charge in [0, 0.05) is 24.7 Å². The van der Waals surface area contributed by atoms with E-state index < -0.39 is 5.41 Å². The average Bonchev–Trinajstić information content (AvgIpc) is 3.48. The number of rotatable bonds is 6. The minimum absolute atomic E-state index is 0.160. The molecule has 4 rings (SSSR count). The fourth-order valence-corrected chi connectivity index (χ4v) is 3.79. The molecule has 1 amide bonds. The number of hydrogen-bond donors (Lipinski definition) is 1. The standard InChI is InChI=1S/C23H25N3O3/c1-4-20-25-18-14-15(6-11-19(18)26(20)3)21(27)24-17-9-7-16(8-10-17)23(12-13-23)22(28)29-5-2/h6-11,14H,4-5,12-13H2,1-3H3,(H,24,27). The number of carbonyl (C=O) groups is 2. The van der Waals surface area contributed by atoms with Crippen molar-refractivity contribution in [3.8, 4) is 0 Å². The fraction of sp³-hybridized carbons (Fsp3) is 0.348. The van der Waals surface area contributed by atoms with Crippen LogP contribution in [0.5, 0.6) is 0 Å². The Kier molecular flexibility index (Phi) is 4.86. The summed E-state index contributed by atoms with van der Waals surface area (Å²) in [6.07, 6.45) is 2.45. The third-order valence-corrected chi connectivity index (χ3v) is 5.66. The number of amides is 1. The minimum Gasteiger partial charge on any atom is -0.465 e. The minimum atomic E-state index is -0.500. The highest BCUT2D eigenvalue weighted by atomic mass is 16.5. The van der Waals surface area contributed by atoms with Crippen molar-refractivity contribution in [3.63, 3.8) is 0 Å². The third kappa shape index (κ3) is 3.39. The fourth-order valence-electron chi connectivity index (χ4n) is 3.79. The van der Waals surface area contributed by atoms with Gasteiger partial charge >= 0.3 is 5.97 Å². The van der Waals surface area contributed by atoms with Crippen LogP contribution in [-0.4, -0.2) is 28.0 Å². The average molecular weight is 391 g/mol. The number of anilines is 1. The van der Waals surface area contributed by atoms with Gasteiger partial charge in [0.2, 0.25) is 0 Å². The summed E-state index contributed by atoms with van der Waals surface area (Å²) in [5.74, 6) is 0.644. The van der Waals surface area contributed by atoms with Crippen LogP contribution in [0, 0.1) is 0 Å². The van der Waals surface area contributed by atoms with Gasteiger partial charge in [-0.25, -0.2) is 4.98 Å². The molecule has 1 aromatic heterocycles. The molecule has 29 heavy (non-hydrogen) atoms. The van der Waals surface area contributed by atoms with Gasteiger partial charge in [0.25, 0.3) is 5.91 Å². The third-order valence-electron chi connectivity index (χ3n) is 5.66. The van der Waals surface area contributed by atoms with Gasteiger partial charge in [0.15, 0.2) is 0 Å². The van der Waals surface area contributed by atoms with Crippen LogP contribution < -0.4 is 5.32 Å². The molecule has 3 aromatic rings. The first kappa shape index (κ1) is 19.2. The molecule has 0 bridgehead atoms. The lowest BCUT2D eigenvalue weighted by atomic mass is 9.96. The number of aromatic nitrogens is 2. The van der Waals surface area contributed by atoms with Crippen LogP contribution >= 0.6 is 0 Å². The first-order valence-electron chi connectivity index (χ1n) is 10.0. The van der Waals surface area contributed by atoms with E-state index in [9.17, 15) is 9.59 Å². The van der Waals surface area contributed by atoms with Gasteiger partial charge in [0.05, 0.1) is 23.1 Å². The second-order valence-corrected chi connectivity index (χ2v) is 7.48. The molecule has 0 spiro atoms. The summed E-state index contributed by atoms with van der Waals surface area (Å²) >= 11 is 0. The molecule has 1 fully saturated rings. The van der Waals surface area contributed by atoms with E-state index in [0.29, 0.717) is 17.9 Å². The Morgan fingerprint density at radius 1 is 1.14 bits per heavy atom. The first-order chi connectivity index (χ1) is 14.0. The lowest BCUT2D eigenvalue weighted by Crippen LogP contribution is -2.23. The summed E-state index contributed by atoms with van der Waals surface area (Å²) in [5.41, 5.74) is 3.52. The number of benzene rings is 2. The molecule has 2 aromatic carbocycles. The summed E-state index contributed by atoms with van der Waals surface area (Å²) in [4.78, 5) is 29.5. The quantitative estimate of drug-likeness (QED) is 0.645. The van der Waals surface area contributed by atoms with Crippen LogP contribution in [0.2, 0.25) is 0 Å². The highest BCUT2D eigenvalue weighted by Gasteiger charge is 2.52. The van der Waals surface area contributed by atoms with Gasteiger partial charge in [-0.2, -0.15) is 0 Å². The van der Waals surface area contributed by atoms with Gasteiger partial charge in [-0.1, -0.05) is 19.1 Å². The largest absolute Gasteiger partial charge is 0.465 e. The van der Waals surface area contributed by atoms with Crippen LogP contribution in [0.3, 0.4) is 0 Å². The van der Waals surface area contributed by atoms with E-state index in [4.69, 9.17) is 4.74 Å². The Labute approximate surface area is 169 Å². The van der Waals surface area contributed by atoms with Crippen molar-refractivity contribution in [1.29, 1.82) is 0 Å². The normalized spacial score (nSPS) is 14.6. The van der Waals surface area contributed by atoms with E-state index in [-0.39, 0.29) is 11.9 Å². The number of aryl methyl sites for hydroxylation is 2. The lowest BCUT2D eigenvalue weighted by molar-refractivity contribution is -0.146. The number of nitrogens with zero attached hydrogens (tertiary/aromatic N) is 2. The number of hydrogen-bond acceptors (Lipinski definition) is 4. The predicted molar refractivity (Wildman–Crippen MR) is 112 cm³/mol. The predicted octanol–water partition coefficient (Wildman–Crippen LogP) is 3.98. The Morgan fingerprint density at radius 3 is 2.48 bits per heavy atom. The summed E-state index contributed by atoms with van der Waals surface area (Å²) in [6.45, 7) is 4.26. The molecule has 1 aliphatic carbocycles. The van der Waals surface area contributed by atoms with Crippen LogP contribution in [-0.2, 0) is 28.4 Å². The van der Waals surface area contributed by atoms with E-state index in [1.54, 1.807) is 0 Å². The lowest BCUT2D eigenvalue weighted by Gasteiger charge is -2.15. The maximum atomic E-state index is 12.7. The number of nitrogens with one attached hydrogen (secondary N) is 1. The second-order valence-electron chi connectivity index (χ2n) is 7.48. The molecule has 1 N–H and O–H groups in total. The molecular formula is C23H25N3O3. The van der Waals surface area contributed by atoms with Crippen molar-refractivity contribution in [1.82, 2.24) is 9.55 Å². The topological polar surface area (TPSA) is 73.2 Å². The van der Waals surface area contributed by atoms with Crippen molar-refractivity contribution in [3.05, 3.63) is 59.4 Å². The molecule has 6 nitrogen and oxygen atoms in total. The van der Waals surface area contributed by atoms with Gasteiger partial charge in [0.1, 0.15) is 5.82 Å². The van der Waals surface area contributed by atoms with Crippen LogP contribution in [0.1, 0.15) is 48.4 Å². The van der Waals surface area contributed by atoms with E-state index >= 15 is 0 Å². The molecule has 1 aliphatic rings. The Morgan fingerprint density at radius 2 is 1.86 bits per heavy atom.